The fourth-order valence-electron chi connectivity index (χ4n) is 2.45. The van der Waals surface area contributed by atoms with Crippen molar-refractivity contribution in [3.63, 3.8) is 0 Å². The molecule has 1 atom stereocenters. The van der Waals surface area contributed by atoms with E-state index in [1.165, 1.54) is 18.4 Å². The number of hydrogen-bond acceptors (Lipinski definition) is 3. The van der Waals surface area contributed by atoms with Gasteiger partial charge in [0.15, 0.2) is 11.5 Å². The maximum absolute atomic E-state index is 5.73. The van der Waals surface area contributed by atoms with Gasteiger partial charge in [-0.2, -0.15) is 0 Å². The van der Waals surface area contributed by atoms with Gasteiger partial charge >= 0.3 is 0 Å². The first-order chi connectivity index (χ1) is 9.60. The summed E-state index contributed by atoms with van der Waals surface area (Å²) in [6.45, 7) is 8.36. The Hall–Kier alpha value is -1.22. The molecule has 0 aromatic heterocycles. The van der Waals surface area contributed by atoms with Crippen LogP contribution in [0.4, 0.5) is 0 Å². The van der Waals surface area contributed by atoms with Crippen molar-refractivity contribution >= 4 is 0 Å². The Morgan fingerprint density at radius 2 is 1.95 bits per heavy atom. The third-order valence-electron chi connectivity index (χ3n) is 3.81. The van der Waals surface area contributed by atoms with Crippen molar-refractivity contribution in [1.82, 2.24) is 5.32 Å². The number of benzene rings is 1. The van der Waals surface area contributed by atoms with Crippen LogP contribution in [0.2, 0.25) is 0 Å². The molecule has 3 heteroatoms. The molecule has 2 rings (SSSR count). The second kappa shape index (κ2) is 6.98. The molecule has 3 nitrogen and oxygen atoms in total. The average molecular weight is 277 g/mol. The van der Waals surface area contributed by atoms with E-state index in [4.69, 9.17) is 9.47 Å². The van der Waals surface area contributed by atoms with Crippen LogP contribution < -0.4 is 14.8 Å². The van der Waals surface area contributed by atoms with Crippen molar-refractivity contribution in [1.29, 1.82) is 0 Å². The summed E-state index contributed by atoms with van der Waals surface area (Å²) in [4.78, 5) is 0. The minimum atomic E-state index is 0.160. The molecule has 112 valence electrons. The van der Waals surface area contributed by atoms with Crippen LogP contribution in [0.3, 0.4) is 0 Å². The molecule has 1 fully saturated rings. The predicted octanol–water partition coefficient (Wildman–Crippen LogP) is 3.62. The molecular formula is C17H27NO2. The standard InChI is InChI=1S/C17H27NO2/c1-12(2)20-16-8-5-14(9-17(16)19-4)11-18-10-13(3)15-6-7-15/h5,8-9,12-13,15,18H,6-7,10-11H2,1-4H3. The van der Waals surface area contributed by atoms with Gasteiger partial charge in [0.25, 0.3) is 0 Å². The first-order valence-electron chi connectivity index (χ1n) is 7.64. The minimum Gasteiger partial charge on any atom is -0.493 e. The summed E-state index contributed by atoms with van der Waals surface area (Å²) in [5.41, 5.74) is 1.24. The van der Waals surface area contributed by atoms with Gasteiger partial charge in [0.1, 0.15) is 0 Å². The Labute approximate surface area is 122 Å². The highest BCUT2D eigenvalue weighted by Gasteiger charge is 2.27. The van der Waals surface area contributed by atoms with Gasteiger partial charge in [-0.3, -0.25) is 0 Å². The van der Waals surface area contributed by atoms with E-state index in [2.05, 4.69) is 24.4 Å². The van der Waals surface area contributed by atoms with Crippen LogP contribution in [0.25, 0.3) is 0 Å². The summed E-state index contributed by atoms with van der Waals surface area (Å²) in [7, 11) is 1.69. The topological polar surface area (TPSA) is 30.5 Å². The number of ether oxygens (including phenoxy) is 2. The fraction of sp³-hybridized carbons (Fsp3) is 0.647. The maximum Gasteiger partial charge on any atom is 0.161 e. The molecular weight excluding hydrogens is 250 g/mol. The zero-order valence-electron chi connectivity index (χ0n) is 13.1. The number of nitrogens with one attached hydrogen (secondary N) is 1. The van der Waals surface area contributed by atoms with Crippen molar-refractivity contribution in [3.8, 4) is 11.5 Å². The van der Waals surface area contributed by atoms with Crippen LogP contribution in [0, 0.1) is 11.8 Å². The Morgan fingerprint density at radius 3 is 2.55 bits per heavy atom. The highest BCUT2D eigenvalue weighted by molar-refractivity contribution is 5.43. The zero-order valence-corrected chi connectivity index (χ0v) is 13.1. The average Bonchev–Trinajstić information content (AvgIpc) is 3.24. The molecule has 1 N–H and O–H groups in total. The van der Waals surface area contributed by atoms with Crippen LogP contribution in [-0.4, -0.2) is 19.8 Å². The molecule has 0 bridgehead atoms. The Balaban J connectivity index is 1.87. The summed E-state index contributed by atoms with van der Waals surface area (Å²) in [5, 5.41) is 3.54. The van der Waals surface area contributed by atoms with Crippen molar-refractivity contribution in [3.05, 3.63) is 23.8 Å². The van der Waals surface area contributed by atoms with Crippen LogP contribution in [-0.2, 0) is 6.54 Å². The quantitative estimate of drug-likeness (QED) is 0.787. The first-order valence-corrected chi connectivity index (χ1v) is 7.64. The number of rotatable bonds is 8. The number of methoxy groups -OCH3 is 1. The zero-order chi connectivity index (χ0) is 14.5. The summed E-state index contributed by atoms with van der Waals surface area (Å²) in [6, 6.07) is 6.17. The summed E-state index contributed by atoms with van der Waals surface area (Å²) in [6.07, 6.45) is 2.99. The van der Waals surface area contributed by atoms with Gasteiger partial charge in [0.2, 0.25) is 0 Å². The molecule has 1 aliphatic carbocycles. The van der Waals surface area contributed by atoms with Gasteiger partial charge in [-0.15, -0.1) is 0 Å². The fourth-order valence-corrected chi connectivity index (χ4v) is 2.45. The van der Waals surface area contributed by atoms with Crippen molar-refractivity contribution in [2.24, 2.45) is 11.8 Å². The minimum absolute atomic E-state index is 0.160. The normalized spacial score (nSPS) is 16.2. The maximum atomic E-state index is 5.73. The lowest BCUT2D eigenvalue weighted by atomic mass is 10.1. The van der Waals surface area contributed by atoms with E-state index in [-0.39, 0.29) is 6.10 Å². The molecule has 0 heterocycles. The van der Waals surface area contributed by atoms with E-state index < -0.39 is 0 Å². The van der Waals surface area contributed by atoms with Crippen molar-refractivity contribution in [2.75, 3.05) is 13.7 Å². The summed E-state index contributed by atoms with van der Waals surface area (Å²) < 4.78 is 11.1. The molecule has 20 heavy (non-hydrogen) atoms. The van der Waals surface area contributed by atoms with E-state index >= 15 is 0 Å². The largest absolute Gasteiger partial charge is 0.493 e. The molecule has 1 aliphatic rings. The van der Waals surface area contributed by atoms with Gasteiger partial charge < -0.3 is 14.8 Å². The highest BCUT2D eigenvalue weighted by Crippen LogP contribution is 2.36. The van der Waals surface area contributed by atoms with E-state index in [0.717, 1.165) is 36.4 Å². The van der Waals surface area contributed by atoms with E-state index in [1.807, 2.05) is 19.9 Å². The van der Waals surface area contributed by atoms with Crippen LogP contribution in [0.1, 0.15) is 39.2 Å². The monoisotopic (exact) mass is 277 g/mol. The third kappa shape index (κ3) is 4.41. The van der Waals surface area contributed by atoms with E-state index in [9.17, 15) is 0 Å². The molecule has 0 aliphatic heterocycles. The molecule has 1 unspecified atom stereocenters. The Kier molecular flexibility index (Phi) is 5.30. The molecule has 1 aromatic rings. The van der Waals surface area contributed by atoms with Gasteiger partial charge in [0, 0.05) is 6.54 Å². The van der Waals surface area contributed by atoms with Gasteiger partial charge in [0.05, 0.1) is 13.2 Å². The summed E-state index contributed by atoms with van der Waals surface area (Å²) in [5.74, 6) is 3.38. The SMILES string of the molecule is COc1cc(CNCC(C)C2CC2)ccc1OC(C)C. The molecule has 0 amide bonds. The smallest absolute Gasteiger partial charge is 0.161 e. The second-order valence-corrected chi connectivity index (χ2v) is 6.10. The molecule has 0 spiro atoms. The van der Waals surface area contributed by atoms with Crippen LogP contribution in [0.15, 0.2) is 18.2 Å². The van der Waals surface area contributed by atoms with Crippen molar-refractivity contribution < 1.29 is 9.47 Å². The molecule has 0 radical (unpaired) electrons. The first kappa shape index (κ1) is 15.2. The second-order valence-electron chi connectivity index (χ2n) is 6.10. The Bertz CT molecular complexity index is 427. The number of hydrogen-bond donors (Lipinski definition) is 1. The molecule has 1 saturated carbocycles. The predicted molar refractivity (Wildman–Crippen MR) is 82.4 cm³/mol. The van der Waals surface area contributed by atoms with E-state index in [1.54, 1.807) is 7.11 Å². The lowest BCUT2D eigenvalue weighted by molar-refractivity contribution is 0.230. The summed E-state index contributed by atoms with van der Waals surface area (Å²) >= 11 is 0. The van der Waals surface area contributed by atoms with E-state index in [0.29, 0.717) is 0 Å². The molecule has 0 saturated heterocycles. The van der Waals surface area contributed by atoms with Crippen molar-refractivity contribution in [2.45, 2.75) is 46.3 Å². The third-order valence-corrected chi connectivity index (χ3v) is 3.81. The highest BCUT2D eigenvalue weighted by atomic mass is 16.5. The van der Waals surface area contributed by atoms with Crippen LogP contribution >= 0.6 is 0 Å². The van der Waals surface area contributed by atoms with Gasteiger partial charge in [-0.25, -0.2) is 0 Å². The van der Waals surface area contributed by atoms with Gasteiger partial charge in [-0.1, -0.05) is 13.0 Å². The van der Waals surface area contributed by atoms with Gasteiger partial charge in [-0.05, 0) is 62.8 Å². The van der Waals surface area contributed by atoms with Crippen LogP contribution in [0.5, 0.6) is 11.5 Å². The lowest BCUT2D eigenvalue weighted by Gasteiger charge is -2.15. The lowest BCUT2D eigenvalue weighted by Crippen LogP contribution is -2.21. The molecule has 1 aromatic carbocycles. The Morgan fingerprint density at radius 1 is 1.20 bits per heavy atom.